The van der Waals surface area contributed by atoms with Crippen LogP contribution in [0.4, 0.5) is 17.3 Å². The lowest BCUT2D eigenvalue weighted by atomic mass is 10.1. The Morgan fingerprint density at radius 2 is 1.30 bits per heavy atom. The van der Waals surface area contributed by atoms with Crippen molar-refractivity contribution < 1.29 is 50.4 Å². The van der Waals surface area contributed by atoms with E-state index in [1.165, 1.54) is 16.5 Å². The zero-order valence-electron chi connectivity index (χ0n) is 18.4. The van der Waals surface area contributed by atoms with Crippen LogP contribution in [0.25, 0.3) is 21.8 Å². The first-order valence-corrected chi connectivity index (χ1v) is 10.8. The molecule has 178 valence electrons. The molecule has 4 aromatic rings. The van der Waals surface area contributed by atoms with Crippen molar-refractivity contribution in [3.8, 4) is 0 Å². The van der Waals surface area contributed by atoms with Gasteiger partial charge in [-0.25, -0.2) is 0 Å². The van der Waals surface area contributed by atoms with Gasteiger partial charge in [0.15, 0.2) is 12.4 Å². The van der Waals surface area contributed by atoms with E-state index >= 15 is 0 Å². The molecule has 0 fully saturated rings. The first kappa shape index (κ1) is 29.4. The van der Waals surface area contributed by atoms with E-state index in [-0.39, 0.29) is 24.0 Å². The monoisotopic (exact) mass is 612 g/mol. The predicted octanol–water partition coefficient (Wildman–Crippen LogP) is 4.21. The van der Waals surface area contributed by atoms with Gasteiger partial charge in [0.25, 0.3) is 0 Å². The first-order chi connectivity index (χ1) is 15.0. The number of pyridine rings is 2. The Morgan fingerprint density at radius 1 is 0.758 bits per heavy atom. The van der Waals surface area contributed by atoms with Crippen molar-refractivity contribution in [1.29, 1.82) is 0 Å². The second-order valence-corrected chi connectivity index (χ2v) is 7.75. The molecular formula is C23H24BCl2F4IN2. The van der Waals surface area contributed by atoms with Gasteiger partial charge in [0, 0.05) is 34.7 Å². The second-order valence-electron chi connectivity index (χ2n) is 6.91. The Hall–Kier alpha value is -1.65. The maximum atomic E-state index is 9.75. The van der Waals surface area contributed by atoms with Crippen LogP contribution in [0.3, 0.4) is 0 Å². The Bertz CT molecular complexity index is 1200. The van der Waals surface area contributed by atoms with E-state index in [2.05, 4.69) is 66.4 Å². The lowest BCUT2D eigenvalue weighted by molar-refractivity contribution is -0.668. The Labute approximate surface area is 218 Å². The largest absolute Gasteiger partial charge is 1.00 e. The number of hydrogen-bond acceptors (Lipinski definition) is 0. The van der Waals surface area contributed by atoms with Gasteiger partial charge in [-0.3, -0.25) is 0 Å². The highest BCUT2D eigenvalue weighted by molar-refractivity contribution is 6.50. The fourth-order valence-corrected chi connectivity index (χ4v) is 3.63. The minimum atomic E-state index is -6.00. The zero-order chi connectivity index (χ0) is 23.9. The average Bonchev–Trinajstić information content (AvgIpc) is 2.74. The Morgan fingerprint density at radius 3 is 1.91 bits per heavy atom. The van der Waals surface area contributed by atoms with Crippen molar-refractivity contribution >= 4 is 52.3 Å². The SMILES string of the molecule is CC[n+]1ccc(C)c2ccccc21.CC[n+]1ccc(Cl)c2ccc(Cl)cc21.F[B-](F)(F)F.[I-]. The summed E-state index contributed by atoms with van der Waals surface area (Å²) in [5, 5.41) is 3.90. The number of para-hydroxylation sites is 1. The molecular weight excluding hydrogens is 589 g/mol. The molecule has 10 heteroatoms. The minimum Gasteiger partial charge on any atom is -1.00 e. The summed E-state index contributed by atoms with van der Waals surface area (Å²) in [6.45, 7) is 8.35. The molecule has 0 unspecified atom stereocenters. The van der Waals surface area contributed by atoms with Gasteiger partial charge in [-0.2, -0.15) is 9.13 Å². The number of nitrogens with zero attached hydrogens (tertiary/aromatic N) is 2. The van der Waals surface area contributed by atoms with Crippen LogP contribution in [0.5, 0.6) is 0 Å². The van der Waals surface area contributed by atoms with Crippen molar-refractivity contribution in [3.05, 3.63) is 82.6 Å². The fourth-order valence-electron chi connectivity index (χ4n) is 3.25. The molecule has 0 aliphatic heterocycles. The van der Waals surface area contributed by atoms with Crippen LogP contribution in [-0.2, 0) is 13.1 Å². The van der Waals surface area contributed by atoms with E-state index in [9.17, 15) is 17.3 Å². The lowest BCUT2D eigenvalue weighted by Crippen LogP contribution is -3.00. The summed E-state index contributed by atoms with van der Waals surface area (Å²) >= 11 is 12.0. The molecule has 0 aliphatic carbocycles. The van der Waals surface area contributed by atoms with Gasteiger partial charge in [0.1, 0.15) is 13.1 Å². The van der Waals surface area contributed by atoms with Crippen LogP contribution in [-0.4, -0.2) is 7.25 Å². The Kier molecular flexibility index (Phi) is 11.8. The van der Waals surface area contributed by atoms with Crippen LogP contribution in [0.1, 0.15) is 19.4 Å². The molecule has 0 radical (unpaired) electrons. The van der Waals surface area contributed by atoms with E-state index in [1.54, 1.807) is 0 Å². The van der Waals surface area contributed by atoms with Crippen molar-refractivity contribution in [2.75, 3.05) is 0 Å². The summed E-state index contributed by atoms with van der Waals surface area (Å²) in [5.41, 5.74) is 3.75. The predicted molar refractivity (Wildman–Crippen MR) is 125 cm³/mol. The number of benzene rings is 2. The molecule has 0 spiro atoms. The molecule has 4 rings (SSSR count). The van der Waals surface area contributed by atoms with Crippen molar-refractivity contribution in [3.63, 3.8) is 0 Å². The van der Waals surface area contributed by atoms with E-state index in [0.29, 0.717) is 0 Å². The van der Waals surface area contributed by atoms with Crippen LogP contribution < -0.4 is 33.1 Å². The quantitative estimate of drug-likeness (QED) is 0.139. The number of rotatable bonds is 2. The van der Waals surface area contributed by atoms with E-state index in [1.807, 2.05) is 30.5 Å². The smallest absolute Gasteiger partial charge is 0.673 e. The van der Waals surface area contributed by atoms with Crippen LogP contribution in [0.2, 0.25) is 10.0 Å². The van der Waals surface area contributed by atoms with Crippen molar-refractivity contribution in [2.24, 2.45) is 0 Å². The molecule has 2 nitrogen and oxygen atoms in total. The number of aryl methyl sites for hydroxylation is 3. The third kappa shape index (κ3) is 8.90. The molecule has 2 heterocycles. The minimum absolute atomic E-state index is 0. The molecule has 0 atom stereocenters. The van der Waals surface area contributed by atoms with Crippen LogP contribution >= 0.6 is 23.2 Å². The van der Waals surface area contributed by atoms with E-state index in [0.717, 1.165) is 34.0 Å². The molecule has 0 saturated heterocycles. The third-order valence-electron chi connectivity index (χ3n) is 4.75. The van der Waals surface area contributed by atoms with Crippen LogP contribution in [0, 0.1) is 6.92 Å². The second kappa shape index (κ2) is 13.3. The summed E-state index contributed by atoms with van der Waals surface area (Å²) in [6.07, 6.45) is 4.12. The van der Waals surface area contributed by atoms with Gasteiger partial charge in [-0.15, -0.1) is 0 Å². The maximum Gasteiger partial charge on any atom is 0.673 e. The normalized spacial score (nSPS) is 10.6. The topological polar surface area (TPSA) is 7.76 Å². The maximum absolute atomic E-state index is 9.75. The molecule has 0 saturated carbocycles. The molecule has 0 N–H and O–H groups in total. The summed E-state index contributed by atoms with van der Waals surface area (Å²) in [5.74, 6) is 0. The number of hydrogen-bond donors (Lipinski definition) is 0. The van der Waals surface area contributed by atoms with Gasteiger partial charge in [-0.1, -0.05) is 35.3 Å². The molecule has 0 aliphatic rings. The van der Waals surface area contributed by atoms with Crippen molar-refractivity contribution in [2.45, 2.75) is 33.9 Å². The molecule has 0 bridgehead atoms. The summed E-state index contributed by atoms with van der Waals surface area (Å²) < 4.78 is 43.4. The average molecular weight is 613 g/mol. The van der Waals surface area contributed by atoms with E-state index < -0.39 is 7.25 Å². The van der Waals surface area contributed by atoms with Gasteiger partial charge >= 0.3 is 7.25 Å². The number of aromatic nitrogens is 2. The summed E-state index contributed by atoms with van der Waals surface area (Å²) in [6, 6.07) is 18.4. The van der Waals surface area contributed by atoms with Crippen molar-refractivity contribution in [1.82, 2.24) is 0 Å². The highest BCUT2D eigenvalue weighted by atomic mass is 127. The number of halogens is 7. The summed E-state index contributed by atoms with van der Waals surface area (Å²) in [4.78, 5) is 0. The fraction of sp³-hybridized carbons (Fsp3) is 0.217. The lowest BCUT2D eigenvalue weighted by Gasteiger charge is -2.00. The van der Waals surface area contributed by atoms with E-state index in [4.69, 9.17) is 23.2 Å². The highest BCUT2D eigenvalue weighted by Gasteiger charge is 2.20. The standard InChI is InChI=1S/C12H14N.C11H10Cl2N.BF4.HI/c1-3-13-9-8-10(2)11-6-4-5-7-12(11)13;1-2-14-6-5-10(13)9-4-3-8(12)7-11(9)14;2-1(3,4)5;/h4-9H,3H2,1-2H3;3-7H,2H2,1H3;;1H/q2*+1;-1;/p-1. The Balaban J connectivity index is 0.000000269. The van der Waals surface area contributed by atoms with Gasteiger partial charge in [0.05, 0.1) is 10.4 Å². The summed E-state index contributed by atoms with van der Waals surface area (Å²) in [7, 11) is -6.00. The highest BCUT2D eigenvalue weighted by Crippen LogP contribution is 2.23. The zero-order valence-corrected chi connectivity index (χ0v) is 22.1. The van der Waals surface area contributed by atoms with Gasteiger partial charge < -0.3 is 41.2 Å². The third-order valence-corrected chi connectivity index (χ3v) is 5.32. The van der Waals surface area contributed by atoms with Gasteiger partial charge in [-0.05, 0) is 44.5 Å². The first-order valence-electron chi connectivity index (χ1n) is 10.1. The molecule has 2 aromatic carbocycles. The van der Waals surface area contributed by atoms with Crippen LogP contribution in [0.15, 0.2) is 67.0 Å². The molecule has 2 aromatic heterocycles. The van der Waals surface area contributed by atoms with Gasteiger partial charge in [0.2, 0.25) is 11.0 Å². The molecule has 33 heavy (non-hydrogen) atoms. The molecule has 0 amide bonds. The number of fused-ring (bicyclic) bond motifs is 2.